The van der Waals surface area contributed by atoms with Gasteiger partial charge < -0.3 is 35.9 Å². The summed E-state index contributed by atoms with van der Waals surface area (Å²) in [4.78, 5) is 0. The van der Waals surface area contributed by atoms with Gasteiger partial charge in [-0.15, -0.1) is 0 Å². The molecule has 0 bridgehead atoms. The van der Waals surface area contributed by atoms with Crippen LogP contribution in [-0.2, 0) is 0 Å². The summed E-state index contributed by atoms with van der Waals surface area (Å²) in [6, 6.07) is 89.7. The SMILES string of the molecule is N#Cc1c(C#N)c(-n2c3ccccc3c3cc4oc5ccccc5c4cc32)c(-n2c3ccccc3c3cc4oc5ccccc5c4cc32)c(-n2c3ccccc3c3cc4oc5ccccc5c4cc32)c1-n1c2ccccc2c2cc3oc4ccccc4c3cc21. The Morgan fingerprint density at radius 3 is 0.678 bits per heavy atom. The van der Waals surface area contributed by atoms with Crippen molar-refractivity contribution in [3.63, 3.8) is 0 Å². The molecule has 414 valence electrons. The van der Waals surface area contributed by atoms with Gasteiger partial charge in [0.1, 0.15) is 56.8 Å². The highest BCUT2D eigenvalue weighted by molar-refractivity contribution is 6.23. The van der Waals surface area contributed by atoms with E-state index >= 15 is 0 Å². The molecule has 0 aliphatic carbocycles. The van der Waals surface area contributed by atoms with Gasteiger partial charge in [-0.2, -0.15) is 10.5 Å². The molecule has 90 heavy (non-hydrogen) atoms. The first kappa shape index (κ1) is 47.5. The lowest BCUT2D eigenvalue weighted by molar-refractivity contribution is 0.669. The van der Waals surface area contributed by atoms with E-state index in [0.29, 0.717) is 22.7 Å². The van der Waals surface area contributed by atoms with Crippen molar-refractivity contribution in [3.8, 4) is 34.9 Å². The van der Waals surface area contributed by atoms with Gasteiger partial charge in [0.15, 0.2) is 0 Å². The van der Waals surface area contributed by atoms with Crippen LogP contribution in [-0.4, -0.2) is 18.3 Å². The molecule has 0 atom stereocenters. The molecular formula is C80H40N6O4. The van der Waals surface area contributed by atoms with E-state index in [1.807, 2.05) is 60.7 Å². The van der Waals surface area contributed by atoms with Crippen LogP contribution in [0.15, 0.2) is 260 Å². The Hall–Kier alpha value is -12.8. The van der Waals surface area contributed by atoms with Crippen molar-refractivity contribution in [2.24, 2.45) is 0 Å². The number of benzene rings is 13. The number of para-hydroxylation sites is 8. The lowest BCUT2D eigenvalue weighted by atomic mass is 9.98. The zero-order valence-corrected chi connectivity index (χ0v) is 47.4. The molecule has 0 radical (unpaired) electrons. The number of aromatic nitrogens is 4. The average molecular weight is 1150 g/mol. The maximum atomic E-state index is 12.8. The van der Waals surface area contributed by atoms with Crippen molar-refractivity contribution in [2.75, 3.05) is 0 Å². The van der Waals surface area contributed by atoms with Gasteiger partial charge in [-0.1, -0.05) is 146 Å². The highest BCUT2D eigenvalue weighted by Crippen LogP contribution is 2.52. The average Bonchev–Trinajstić information content (AvgIpc) is 1.47. The first-order chi connectivity index (χ1) is 44.6. The highest BCUT2D eigenvalue weighted by atomic mass is 16.3. The Kier molecular flexibility index (Phi) is 8.98. The molecular weight excluding hydrogens is 1110 g/mol. The van der Waals surface area contributed by atoms with Gasteiger partial charge in [0, 0.05) is 86.2 Å². The van der Waals surface area contributed by atoms with E-state index in [2.05, 4.69) is 212 Å². The summed E-state index contributed by atoms with van der Waals surface area (Å²) in [5.41, 5.74) is 15.7. The molecule has 0 aliphatic rings. The van der Waals surface area contributed by atoms with Crippen LogP contribution in [0, 0.1) is 22.7 Å². The van der Waals surface area contributed by atoms with Crippen LogP contribution in [0.3, 0.4) is 0 Å². The molecule has 8 aromatic heterocycles. The van der Waals surface area contributed by atoms with Crippen LogP contribution in [0.5, 0.6) is 0 Å². The van der Waals surface area contributed by atoms with Crippen molar-refractivity contribution < 1.29 is 17.7 Å². The molecule has 0 saturated carbocycles. The summed E-state index contributed by atoms with van der Waals surface area (Å²) in [6.07, 6.45) is 0. The predicted molar refractivity (Wildman–Crippen MR) is 362 cm³/mol. The van der Waals surface area contributed by atoms with Gasteiger partial charge in [-0.05, 0) is 97.1 Å². The normalized spacial score (nSPS) is 12.4. The van der Waals surface area contributed by atoms with Crippen LogP contribution in [0.1, 0.15) is 11.1 Å². The van der Waals surface area contributed by atoms with E-state index in [0.717, 1.165) is 175 Å². The summed E-state index contributed by atoms with van der Waals surface area (Å²) >= 11 is 0. The second kappa shape index (κ2) is 17.0. The number of hydrogen-bond donors (Lipinski definition) is 0. The molecule has 0 aliphatic heterocycles. The standard InChI is InChI=1S/C80H40N6O4/c81-41-59-60(42-82)78(84-62-26-10-2-18-44(62)52-38-74-56(34-66(52)84)48-22-6-14-30-70(48)88-74)80(86-64-28-12-4-20-46(64)54-40-76-58(36-68(54)86)50-24-8-16-32-72(50)90-76)79(85-63-27-11-3-19-45(63)53-39-75-57(35-67(53)85)49-23-7-15-31-71(49)89-75)77(59)83-61-25-9-1-17-43(61)51-37-73-55(33-65(51)83)47-21-5-13-29-69(47)87-73/h1-40H. The summed E-state index contributed by atoms with van der Waals surface area (Å²) in [6.45, 7) is 0. The molecule has 0 spiro atoms. The van der Waals surface area contributed by atoms with E-state index in [4.69, 9.17) is 17.7 Å². The van der Waals surface area contributed by atoms with E-state index in [9.17, 15) is 10.5 Å². The van der Waals surface area contributed by atoms with Gasteiger partial charge in [0.05, 0.1) is 78.0 Å². The Balaban J connectivity index is 1.08. The van der Waals surface area contributed by atoms with Crippen molar-refractivity contribution in [2.45, 2.75) is 0 Å². The third kappa shape index (κ3) is 5.98. The lowest BCUT2D eigenvalue weighted by Crippen LogP contribution is -2.17. The molecule has 0 fully saturated rings. The van der Waals surface area contributed by atoms with Gasteiger partial charge in [0.25, 0.3) is 0 Å². The molecule has 0 unspecified atom stereocenters. The maximum Gasteiger partial charge on any atom is 0.136 e. The number of furan rings is 4. The maximum absolute atomic E-state index is 12.8. The quantitative estimate of drug-likeness (QED) is 0.173. The van der Waals surface area contributed by atoms with Gasteiger partial charge in [-0.25, -0.2) is 0 Å². The number of nitriles is 2. The number of hydrogen-bond acceptors (Lipinski definition) is 6. The monoisotopic (exact) mass is 1150 g/mol. The summed E-state index contributed by atoms with van der Waals surface area (Å²) in [7, 11) is 0. The Bertz CT molecular complexity index is 6530. The molecule has 21 aromatic rings. The van der Waals surface area contributed by atoms with E-state index in [1.54, 1.807) is 0 Å². The fourth-order valence-corrected chi connectivity index (χ4v) is 15.5. The van der Waals surface area contributed by atoms with Crippen molar-refractivity contribution in [1.29, 1.82) is 10.5 Å². The smallest absolute Gasteiger partial charge is 0.136 e. The minimum absolute atomic E-state index is 0.191. The van der Waals surface area contributed by atoms with Crippen molar-refractivity contribution >= 4 is 175 Å². The topological polar surface area (TPSA) is 120 Å². The summed E-state index contributed by atoms with van der Waals surface area (Å²) < 4.78 is 36.1. The van der Waals surface area contributed by atoms with Crippen LogP contribution >= 0.6 is 0 Å². The van der Waals surface area contributed by atoms with Gasteiger partial charge in [0.2, 0.25) is 0 Å². The first-order valence-electron chi connectivity index (χ1n) is 30.0. The Morgan fingerprint density at radius 2 is 0.422 bits per heavy atom. The van der Waals surface area contributed by atoms with Crippen LogP contribution in [0.2, 0.25) is 0 Å². The number of rotatable bonds is 4. The zero-order valence-electron chi connectivity index (χ0n) is 47.4. The molecule has 10 nitrogen and oxygen atoms in total. The van der Waals surface area contributed by atoms with Crippen LogP contribution in [0.25, 0.3) is 198 Å². The third-order valence-electron chi connectivity index (χ3n) is 19.2. The molecule has 0 amide bonds. The molecule has 0 saturated heterocycles. The van der Waals surface area contributed by atoms with Crippen LogP contribution < -0.4 is 0 Å². The Labute approximate surface area is 507 Å². The Morgan fingerprint density at radius 1 is 0.200 bits per heavy atom. The molecule has 13 aromatic carbocycles. The van der Waals surface area contributed by atoms with Gasteiger partial charge >= 0.3 is 0 Å². The number of nitrogens with zero attached hydrogens (tertiary/aromatic N) is 6. The zero-order chi connectivity index (χ0) is 58.8. The molecule has 8 heterocycles. The molecule has 21 rings (SSSR count). The summed E-state index contributed by atoms with van der Waals surface area (Å²) in [5, 5.41) is 40.8. The van der Waals surface area contributed by atoms with Gasteiger partial charge in [-0.3, -0.25) is 0 Å². The third-order valence-corrected chi connectivity index (χ3v) is 19.2. The molecule has 10 heteroatoms. The van der Waals surface area contributed by atoms with Crippen molar-refractivity contribution in [1.82, 2.24) is 18.3 Å². The number of fused-ring (bicyclic) bond motifs is 24. The van der Waals surface area contributed by atoms with Crippen molar-refractivity contribution in [3.05, 3.63) is 254 Å². The second-order valence-corrected chi connectivity index (χ2v) is 23.6. The van der Waals surface area contributed by atoms with E-state index < -0.39 is 0 Å². The molecule has 0 N–H and O–H groups in total. The minimum Gasteiger partial charge on any atom is -0.456 e. The minimum atomic E-state index is 0.191. The lowest BCUT2D eigenvalue weighted by Gasteiger charge is -2.27. The highest BCUT2D eigenvalue weighted by Gasteiger charge is 2.36. The van der Waals surface area contributed by atoms with E-state index in [-0.39, 0.29) is 11.1 Å². The fourth-order valence-electron chi connectivity index (χ4n) is 15.5. The summed E-state index contributed by atoms with van der Waals surface area (Å²) in [5.74, 6) is 0. The first-order valence-corrected chi connectivity index (χ1v) is 30.0. The van der Waals surface area contributed by atoms with E-state index in [1.165, 1.54) is 0 Å². The predicted octanol–water partition coefficient (Wildman–Crippen LogP) is 21.4. The van der Waals surface area contributed by atoms with Crippen LogP contribution in [0.4, 0.5) is 0 Å². The largest absolute Gasteiger partial charge is 0.456 e. The second-order valence-electron chi connectivity index (χ2n) is 23.6. The fraction of sp³-hybridized carbons (Fsp3) is 0.